The minimum atomic E-state index is -4.10. The van der Waals surface area contributed by atoms with Crippen molar-refractivity contribution in [3.8, 4) is 5.75 Å². The van der Waals surface area contributed by atoms with Gasteiger partial charge in [-0.05, 0) is 31.5 Å². The van der Waals surface area contributed by atoms with E-state index in [1.807, 2.05) is 0 Å². The summed E-state index contributed by atoms with van der Waals surface area (Å²) in [7, 11) is 0. The van der Waals surface area contributed by atoms with Crippen LogP contribution in [0.15, 0.2) is 12.1 Å². The Kier molecular flexibility index (Phi) is 6.72. The Bertz CT molecular complexity index is 580. The van der Waals surface area contributed by atoms with Crippen LogP contribution in [0, 0.1) is 6.92 Å². The normalized spacial score (nSPS) is 12.2. The molecule has 0 heterocycles. The fourth-order valence-electron chi connectivity index (χ4n) is 1.72. The molecule has 6 nitrogen and oxygen atoms in total. The fourth-order valence-corrected chi connectivity index (χ4v) is 1.72. The van der Waals surface area contributed by atoms with E-state index in [1.54, 1.807) is 0 Å². The number of carbonyl (C=O) groups excluding carboxylic acids is 1. The van der Waals surface area contributed by atoms with Crippen molar-refractivity contribution in [1.29, 1.82) is 0 Å². The van der Waals surface area contributed by atoms with Crippen molar-refractivity contribution in [1.82, 2.24) is 0 Å². The maximum atomic E-state index is 13.9. The van der Waals surface area contributed by atoms with Crippen molar-refractivity contribution in [3.05, 3.63) is 28.8 Å². The summed E-state index contributed by atoms with van der Waals surface area (Å²) < 4.78 is 32.0. The first-order valence-corrected chi connectivity index (χ1v) is 6.00. The molecule has 1 aromatic rings. The lowest BCUT2D eigenvalue weighted by molar-refractivity contribution is -0.174. The summed E-state index contributed by atoms with van der Waals surface area (Å²) >= 11 is 0. The van der Waals surface area contributed by atoms with Crippen molar-refractivity contribution >= 4 is 24.3 Å². The number of rotatable bonds is 5. The zero-order valence-electron chi connectivity index (χ0n) is 11.8. The average Bonchev–Trinajstić information content (AvgIpc) is 2.40. The van der Waals surface area contributed by atoms with Crippen molar-refractivity contribution in [2.45, 2.75) is 25.8 Å². The molecule has 22 heavy (non-hydrogen) atoms. The minimum Gasteiger partial charge on any atom is -0.507 e. The third-order valence-corrected chi connectivity index (χ3v) is 2.85. The van der Waals surface area contributed by atoms with Crippen molar-refractivity contribution in [2.24, 2.45) is 5.73 Å². The van der Waals surface area contributed by atoms with Gasteiger partial charge in [-0.15, -0.1) is 12.4 Å². The number of alkyl halides is 2. The molecule has 0 aliphatic rings. The zero-order chi connectivity index (χ0) is 16.4. The van der Waals surface area contributed by atoms with Gasteiger partial charge in [-0.2, -0.15) is 8.78 Å². The van der Waals surface area contributed by atoms with Gasteiger partial charge < -0.3 is 20.7 Å². The van der Waals surface area contributed by atoms with Crippen LogP contribution in [0.5, 0.6) is 5.75 Å². The molecule has 4 N–H and O–H groups in total. The third-order valence-electron chi connectivity index (χ3n) is 2.85. The van der Waals surface area contributed by atoms with Crippen molar-refractivity contribution in [3.63, 3.8) is 0 Å². The number of aryl methyl sites for hydroxylation is 1. The van der Waals surface area contributed by atoms with Crippen LogP contribution in [0.3, 0.4) is 0 Å². The predicted octanol–water partition coefficient (Wildman–Crippen LogP) is 2.02. The second-order valence-electron chi connectivity index (χ2n) is 4.36. The molecule has 124 valence electrons. The lowest BCUT2D eigenvalue weighted by Crippen LogP contribution is -2.41. The van der Waals surface area contributed by atoms with E-state index in [0.29, 0.717) is 0 Å². The molecule has 0 radical (unpaired) electrons. The number of hydrogen-bond donors (Lipinski definition) is 3. The topological polar surface area (TPSA) is 110 Å². The number of halogens is 3. The predicted molar refractivity (Wildman–Crippen MR) is 75.6 cm³/mol. The summed E-state index contributed by atoms with van der Waals surface area (Å²) in [6.45, 7) is 2.42. The molecular formula is C13H16ClF2NO5. The highest BCUT2D eigenvalue weighted by atomic mass is 35.5. The minimum absolute atomic E-state index is 0. The highest BCUT2D eigenvalue weighted by Crippen LogP contribution is 2.37. The lowest BCUT2D eigenvalue weighted by atomic mass is 9.95. The van der Waals surface area contributed by atoms with Gasteiger partial charge >= 0.3 is 17.9 Å². The SMILES string of the molecule is CCOC(=O)C(F)(F)[C@@H](N)c1cc(C(=O)O)cc(C)c1O.Cl. The van der Waals surface area contributed by atoms with E-state index in [2.05, 4.69) is 4.74 Å². The van der Waals surface area contributed by atoms with Crippen molar-refractivity contribution in [2.75, 3.05) is 6.61 Å². The Morgan fingerprint density at radius 1 is 1.41 bits per heavy atom. The zero-order valence-corrected chi connectivity index (χ0v) is 12.6. The number of carbonyl (C=O) groups is 2. The highest BCUT2D eigenvalue weighted by molar-refractivity contribution is 5.89. The summed E-state index contributed by atoms with van der Waals surface area (Å²) in [6.07, 6.45) is 0. The molecule has 0 saturated carbocycles. The molecule has 0 unspecified atom stereocenters. The number of phenolic OH excluding ortho intramolecular Hbond substituents is 1. The van der Waals surface area contributed by atoms with Crippen LogP contribution >= 0.6 is 12.4 Å². The summed E-state index contributed by atoms with van der Waals surface area (Å²) in [5.74, 6) is -7.89. The van der Waals surface area contributed by atoms with Crippen LogP contribution in [-0.2, 0) is 9.53 Å². The number of carboxylic acid groups (broad SMARTS) is 1. The number of ether oxygens (including phenoxy) is 1. The molecule has 1 rings (SSSR count). The molecule has 0 saturated heterocycles. The second-order valence-corrected chi connectivity index (χ2v) is 4.36. The Balaban J connectivity index is 0.00000441. The molecule has 0 fully saturated rings. The molecule has 0 bridgehead atoms. The van der Waals surface area contributed by atoms with E-state index >= 15 is 0 Å². The number of hydrogen-bond acceptors (Lipinski definition) is 5. The number of aromatic carboxylic acids is 1. The monoisotopic (exact) mass is 339 g/mol. The molecule has 0 aliphatic heterocycles. The Morgan fingerprint density at radius 3 is 2.41 bits per heavy atom. The van der Waals surface area contributed by atoms with Gasteiger partial charge in [-0.3, -0.25) is 0 Å². The van der Waals surface area contributed by atoms with E-state index < -0.39 is 35.2 Å². The Hall–Kier alpha value is -1.93. The number of benzene rings is 1. The summed E-state index contributed by atoms with van der Waals surface area (Å²) in [5.41, 5.74) is 4.53. The third kappa shape index (κ3) is 3.83. The number of nitrogens with two attached hydrogens (primary N) is 1. The number of carboxylic acids is 1. The van der Waals surface area contributed by atoms with Crippen LogP contribution in [-0.4, -0.2) is 34.7 Å². The number of esters is 1. The molecule has 1 aromatic carbocycles. The first-order chi connectivity index (χ1) is 9.62. The number of phenols is 1. The molecule has 0 aromatic heterocycles. The van der Waals surface area contributed by atoms with Gasteiger partial charge in [0.2, 0.25) is 0 Å². The van der Waals surface area contributed by atoms with Crippen LogP contribution in [0.4, 0.5) is 8.78 Å². The molecule has 0 amide bonds. The Morgan fingerprint density at radius 2 is 1.95 bits per heavy atom. The lowest BCUT2D eigenvalue weighted by Gasteiger charge is -2.23. The maximum Gasteiger partial charge on any atom is 0.379 e. The quantitative estimate of drug-likeness (QED) is 0.708. The van der Waals surface area contributed by atoms with Gasteiger partial charge in [0.1, 0.15) is 11.8 Å². The van der Waals surface area contributed by atoms with E-state index in [4.69, 9.17) is 10.8 Å². The van der Waals surface area contributed by atoms with Gasteiger partial charge in [0, 0.05) is 5.56 Å². The molecule has 9 heteroatoms. The van der Waals surface area contributed by atoms with Gasteiger partial charge in [-0.1, -0.05) is 0 Å². The van der Waals surface area contributed by atoms with Gasteiger partial charge in [0.25, 0.3) is 0 Å². The fraction of sp³-hybridized carbons (Fsp3) is 0.385. The van der Waals surface area contributed by atoms with E-state index in [9.17, 15) is 23.5 Å². The number of aromatic hydroxyl groups is 1. The second kappa shape index (κ2) is 7.37. The van der Waals surface area contributed by atoms with Crippen molar-refractivity contribution < 1.29 is 33.3 Å². The summed E-state index contributed by atoms with van der Waals surface area (Å²) in [4.78, 5) is 22.2. The van der Waals surface area contributed by atoms with Gasteiger partial charge in [0.15, 0.2) is 0 Å². The Labute approximate surface area is 131 Å². The molecule has 0 spiro atoms. The molecular weight excluding hydrogens is 324 g/mol. The largest absolute Gasteiger partial charge is 0.507 e. The first kappa shape index (κ1) is 20.1. The van der Waals surface area contributed by atoms with E-state index in [-0.39, 0.29) is 30.1 Å². The van der Waals surface area contributed by atoms with Gasteiger partial charge in [0.05, 0.1) is 12.2 Å². The first-order valence-electron chi connectivity index (χ1n) is 6.00. The smallest absolute Gasteiger partial charge is 0.379 e. The summed E-state index contributed by atoms with van der Waals surface area (Å²) in [5, 5.41) is 18.7. The molecule has 1 atom stereocenters. The highest BCUT2D eigenvalue weighted by Gasteiger charge is 2.48. The van der Waals surface area contributed by atoms with E-state index in [1.165, 1.54) is 13.8 Å². The van der Waals surface area contributed by atoms with Crippen LogP contribution in [0.1, 0.15) is 34.5 Å². The van der Waals surface area contributed by atoms with Crippen LogP contribution < -0.4 is 5.73 Å². The van der Waals surface area contributed by atoms with Crippen LogP contribution in [0.25, 0.3) is 0 Å². The standard InChI is InChI=1S/C13H15F2NO5.ClH/c1-3-21-12(20)13(14,15)10(16)8-5-7(11(18)19)4-6(2)9(8)17;/h4-5,10,17H,3,16H2,1-2H3,(H,18,19);1H/t10-;/m0./s1. The average molecular weight is 340 g/mol. The summed E-state index contributed by atoms with van der Waals surface area (Å²) in [6, 6.07) is -0.312. The van der Waals surface area contributed by atoms with Gasteiger partial charge in [-0.25, -0.2) is 9.59 Å². The maximum absolute atomic E-state index is 13.9. The molecule has 0 aliphatic carbocycles. The van der Waals surface area contributed by atoms with Crippen LogP contribution in [0.2, 0.25) is 0 Å². The van der Waals surface area contributed by atoms with E-state index in [0.717, 1.165) is 12.1 Å².